The molecule has 0 aliphatic carbocycles. The van der Waals surface area contributed by atoms with Gasteiger partial charge in [-0.25, -0.2) is 0 Å². The van der Waals surface area contributed by atoms with Crippen molar-refractivity contribution in [1.29, 1.82) is 0 Å². The molecule has 1 fully saturated rings. The van der Waals surface area contributed by atoms with Gasteiger partial charge in [0.05, 0.1) is 11.6 Å². The summed E-state index contributed by atoms with van der Waals surface area (Å²) < 4.78 is 0.596. The van der Waals surface area contributed by atoms with Crippen molar-refractivity contribution in [3.8, 4) is 0 Å². The van der Waals surface area contributed by atoms with E-state index in [1.165, 1.54) is 40.4 Å². The van der Waals surface area contributed by atoms with Crippen LogP contribution in [-0.2, 0) is 20.8 Å². The van der Waals surface area contributed by atoms with Gasteiger partial charge in [0.1, 0.15) is 5.76 Å². The number of benzene rings is 2. The molecule has 0 spiro atoms. The highest BCUT2D eigenvalue weighted by molar-refractivity contribution is 8.00. The van der Waals surface area contributed by atoms with E-state index in [-0.39, 0.29) is 21.9 Å². The summed E-state index contributed by atoms with van der Waals surface area (Å²) >= 11 is 14.9. The fourth-order valence-corrected chi connectivity index (χ4v) is 6.74. The van der Waals surface area contributed by atoms with Gasteiger partial charge in [0, 0.05) is 33.8 Å². The fraction of sp³-hybridized carbons (Fsp3) is 0.207. The van der Waals surface area contributed by atoms with Crippen LogP contribution in [0.3, 0.4) is 0 Å². The first-order valence-corrected chi connectivity index (χ1v) is 14.8. The van der Waals surface area contributed by atoms with Gasteiger partial charge in [-0.05, 0) is 46.4 Å². The van der Waals surface area contributed by atoms with Gasteiger partial charge in [-0.1, -0.05) is 97.4 Å². The molecule has 2 aromatic carbocycles. The highest BCUT2D eigenvalue weighted by atomic mass is 35.5. The van der Waals surface area contributed by atoms with Crippen molar-refractivity contribution in [2.24, 2.45) is 0 Å². The van der Waals surface area contributed by atoms with Crippen molar-refractivity contribution in [3.63, 3.8) is 0 Å². The number of rotatable bonds is 6. The summed E-state index contributed by atoms with van der Waals surface area (Å²) in [5, 5.41) is 21.1. The number of carbonyl (C=O) groups is 2. The Morgan fingerprint density at radius 2 is 1.73 bits per heavy atom. The number of halogens is 2. The van der Waals surface area contributed by atoms with Crippen molar-refractivity contribution >= 4 is 68.9 Å². The van der Waals surface area contributed by atoms with Crippen LogP contribution in [-0.4, -0.2) is 32.0 Å². The summed E-state index contributed by atoms with van der Waals surface area (Å²) in [5.41, 5.74) is 2.92. The summed E-state index contributed by atoms with van der Waals surface area (Å²) in [4.78, 5) is 32.1. The van der Waals surface area contributed by atoms with Crippen LogP contribution < -0.4 is 4.90 Å². The first-order chi connectivity index (χ1) is 19.0. The number of amides is 1. The number of aliphatic hydroxyl groups excluding tert-OH is 1. The molecule has 1 N–H and O–H groups in total. The van der Waals surface area contributed by atoms with Gasteiger partial charge in [-0.15, -0.1) is 10.2 Å². The normalized spacial score (nSPS) is 17.0. The third kappa shape index (κ3) is 5.65. The van der Waals surface area contributed by atoms with E-state index in [1.807, 2.05) is 30.3 Å². The number of aromatic nitrogens is 3. The average molecular weight is 612 g/mol. The second kappa shape index (κ2) is 11.3. The molecule has 1 aliphatic rings. The largest absolute Gasteiger partial charge is 0.507 e. The predicted octanol–water partition coefficient (Wildman–Crippen LogP) is 7.46. The van der Waals surface area contributed by atoms with E-state index in [2.05, 4.69) is 36.0 Å². The number of hydrogen-bond donors (Lipinski definition) is 1. The Bertz CT molecular complexity index is 1620. The van der Waals surface area contributed by atoms with Crippen LogP contribution in [0.5, 0.6) is 0 Å². The number of aliphatic hydroxyl groups is 1. The number of anilines is 1. The number of pyridine rings is 1. The molecule has 1 unspecified atom stereocenters. The van der Waals surface area contributed by atoms with Gasteiger partial charge in [0.25, 0.3) is 5.78 Å². The lowest BCUT2D eigenvalue weighted by atomic mass is 9.85. The average Bonchev–Trinajstić information content (AvgIpc) is 3.50. The molecule has 2 aromatic heterocycles. The zero-order chi connectivity index (χ0) is 28.6. The molecule has 0 saturated carbocycles. The Balaban J connectivity index is 1.54. The summed E-state index contributed by atoms with van der Waals surface area (Å²) in [5.74, 6) is -1.33. The third-order valence-corrected chi connectivity index (χ3v) is 9.15. The van der Waals surface area contributed by atoms with Crippen LogP contribution in [0, 0.1) is 0 Å². The Labute approximate surface area is 249 Å². The molecule has 7 nitrogen and oxygen atoms in total. The maximum absolute atomic E-state index is 13.4. The van der Waals surface area contributed by atoms with Gasteiger partial charge in [0.15, 0.2) is 4.34 Å². The Kier molecular flexibility index (Phi) is 8.01. The summed E-state index contributed by atoms with van der Waals surface area (Å²) in [7, 11) is 0. The zero-order valence-corrected chi connectivity index (χ0v) is 24.9. The smallest absolute Gasteiger partial charge is 0.301 e. The van der Waals surface area contributed by atoms with E-state index in [1.54, 1.807) is 24.3 Å². The Hall–Kier alpha value is -3.24. The summed E-state index contributed by atoms with van der Waals surface area (Å²) in [6, 6.07) is 15.3. The third-order valence-electron chi connectivity index (χ3n) is 6.46. The lowest BCUT2D eigenvalue weighted by Crippen LogP contribution is -2.29. The molecule has 1 aliphatic heterocycles. The lowest BCUT2D eigenvalue weighted by Gasteiger charge is -2.24. The number of nitrogens with zero attached hydrogens (tertiary/aromatic N) is 4. The van der Waals surface area contributed by atoms with E-state index in [0.717, 1.165) is 11.1 Å². The molecule has 0 bridgehead atoms. The number of ketones is 1. The molecule has 4 aromatic rings. The van der Waals surface area contributed by atoms with Crippen LogP contribution in [0.2, 0.25) is 10.0 Å². The molecule has 5 rings (SSSR count). The van der Waals surface area contributed by atoms with Crippen molar-refractivity contribution in [2.75, 3.05) is 4.90 Å². The minimum absolute atomic E-state index is 0.0166. The molecule has 1 amide bonds. The van der Waals surface area contributed by atoms with Gasteiger partial charge >= 0.3 is 5.91 Å². The van der Waals surface area contributed by atoms with Crippen LogP contribution in [0.1, 0.15) is 49.1 Å². The van der Waals surface area contributed by atoms with Gasteiger partial charge in [-0.3, -0.25) is 19.5 Å². The highest BCUT2D eigenvalue weighted by Gasteiger charge is 2.48. The van der Waals surface area contributed by atoms with Crippen molar-refractivity contribution in [3.05, 3.63) is 105 Å². The van der Waals surface area contributed by atoms with Gasteiger partial charge < -0.3 is 5.11 Å². The molecule has 11 heteroatoms. The van der Waals surface area contributed by atoms with Crippen LogP contribution in [0.25, 0.3) is 5.76 Å². The SMILES string of the molecule is CC(C)(C)c1ccc(C2C(=C(O)c3ccncc3)C(=O)C(=O)N2c2nnc(SCc3ccc(Cl)cc3Cl)s2)cc1. The van der Waals surface area contributed by atoms with E-state index >= 15 is 0 Å². The predicted molar refractivity (Wildman–Crippen MR) is 160 cm³/mol. The molecule has 1 saturated heterocycles. The molecule has 40 heavy (non-hydrogen) atoms. The maximum atomic E-state index is 13.4. The van der Waals surface area contributed by atoms with E-state index in [4.69, 9.17) is 23.2 Å². The van der Waals surface area contributed by atoms with Crippen LogP contribution in [0.15, 0.2) is 76.9 Å². The quantitative estimate of drug-likeness (QED) is 0.0795. The first kappa shape index (κ1) is 28.3. The number of carbonyl (C=O) groups excluding carboxylic acids is 2. The molecular weight excluding hydrogens is 587 g/mol. The first-order valence-electron chi connectivity index (χ1n) is 12.3. The van der Waals surface area contributed by atoms with Crippen molar-refractivity contribution in [1.82, 2.24) is 15.2 Å². The minimum atomic E-state index is -0.890. The summed E-state index contributed by atoms with van der Waals surface area (Å²) in [6.45, 7) is 6.32. The number of thioether (sulfide) groups is 1. The van der Waals surface area contributed by atoms with E-state index < -0.39 is 17.7 Å². The van der Waals surface area contributed by atoms with E-state index in [0.29, 0.717) is 31.3 Å². The lowest BCUT2D eigenvalue weighted by molar-refractivity contribution is -0.132. The van der Waals surface area contributed by atoms with Gasteiger partial charge in [-0.2, -0.15) is 0 Å². The number of Topliss-reactive ketones (excluding diaryl/α,β-unsaturated/α-hetero) is 1. The molecule has 1 atom stereocenters. The molecule has 0 radical (unpaired) electrons. The monoisotopic (exact) mass is 610 g/mol. The second-order valence-corrected chi connectivity index (χ2v) is 13.2. The number of hydrogen-bond acceptors (Lipinski definition) is 8. The van der Waals surface area contributed by atoms with Gasteiger partial charge in [0.2, 0.25) is 5.13 Å². The minimum Gasteiger partial charge on any atom is -0.507 e. The van der Waals surface area contributed by atoms with Crippen LogP contribution in [0.4, 0.5) is 5.13 Å². The van der Waals surface area contributed by atoms with Crippen LogP contribution >= 0.6 is 46.3 Å². The topological polar surface area (TPSA) is 96.3 Å². The van der Waals surface area contributed by atoms with Crippen molar-refractivity contribution < 1.29 is 14.7 Å². The fourth-order valence-electron chi connectivity index (χ4n) is 4.31. The van der Waals surface area contributed by atoms with E-state index in [9.17, 15) is 14.7 Å². The Morgan fingerprint density at radius 3 is 2.38 bits per heavy atom. The Morgan fingerprint density at radius 1 is 1.02 bits per heavy atom. The molecule has 204 valence electrons. The zero-order valence-electron chi connectivity index (χ0n) is 21.8. The standard InChI is InChI=1S/C29H24Cl2N4O3S2/c1-29(2,3)19-7-4-16(5-8-19)23-22(24(36)17-10-12-32-13-11-17)25(37)26(38)35(23)27-33-34-28(40-27)39-15-18-6-9-20(30)14-21(18)31/h4-14,23,36H,15H2,1-3H3. The van der Waals surface area contributed by atoms with Crippen molar-refractivity contribution in [2.45, 2.75) is 42.3 Å². The summed E-state index contributed by atoms with van der Waals surface area (Å²) in [6.07, 6.45) is 3.03. The molecular formula is C29H24Cl2N4O3S2. The second-order valence-electron chi connectivity index (χ2n) is 10.2. The highest BCUT2D eigenvalue weighted by Crippen LogP contribution is 2.44. The molecule has 3 heterocycles. The maximum Gasteiger partial charge on any atom is 0.301 e.